The fourth-order valence-corrected chi connectivity index (χ4v) is 2.69. The molecule has 0 atom stereocenters. The van der Waals surface area contributed by atoms with E-state index in [1.807, 2.05) is 26.0 Å². The molecule has 3 nitrogen and oxygen atoms in total. The van der Waals surface area contributed by atoms with Gasteiger partial charge in [0.1, 0.15) is 11.2 Å². The predicted octanol–water partition coefficient (Wildman–Crippen LogP) is 3.03. The summed E-state index contributed by atoms with van der Waals surface area (Å²) in [5, 5.41) is -1.31. The highest BCUT2D eigenvalue weighted by atomic mass is 32.2. The lowest BCUT2D eigenvalue weighted by atomic mass is 10.1. The molecule has 2 aromatic carbocycles. The minimum atomic E-state index is -2.21. The fraction of sp³-hybridized carbons (Fsp3) is 0.125. The van der Waals surface area contributed by atoms with Gasteiger partial charge in [-0.05, 0) is 38.1 Å². The Kier molecular flexibility index (Phi) is 4.37. The highest BCUT2D eigenvalue weighted by Crippen LogP contribution is 2.15. The molecule has 0 aromatic heterocycles. The molecular weight excluding hydrogens is 272 g/mol. The van der Waals surface area contributed by atoms with Crippen molar-refractivity contribution in [1.29, 1.82) is 0 Å². The van der Waals surface area contributed by atoms with Crippen molar-refractivity contribution in [3.8, 4) is 0 Å². The summed E-state index contributed by atoms with van der Waals surface area (Å²) in [4.78, 5) is 24.2. The van der Waals surface area contributed by atoms with Crippen LogP contribution in [0, 0.1) is 13.8 Å². The molecule has 4 heteroatoms. The van der Waals surface area contributed by atoms with Gasteiger partial charge < -0.3 is 4.55 Å². The van der Waals surface area contributed by atoms with E-state index in [1.165, 1.54) is 0 Å². The summed E-state index contributed by atoms with van der Waals surface area (Å²) in [6, 6.07) is 13.5. The first-order valence-corrected chi connectivity index (χ1v) is 7.28. The Morgan fingerprint density at radius 1 is 0.850 bits per heavy atom. The summed E-state index contributed by atoms with van der Waals surface area (Å²) >= 11 is -2.21. The van der Waals surface area contributed by atoms with Crippen LogP contribution in [-0.4, -0.2) is 14.8 Å². The molecule has 0 aliphatic heterocycles. The van der Waals surface area contributed by atoms with Gasteiger partial charge in [0.15, 0.2) is 0 Å². The van der Waals surface area contributed by atoms with E-state index in [0.29, 0.717) is 11.1 Å². The van der Waals surface area contributed by atoms with E-state index in [4.69, 9.17) is 0 Å². The van der Waals surface area contributed by atoms with Gasteiger partial charge in [0.05, 0.1) is 11.1 Å². The molecule has 0 aliphatic rings. The smallest absolute Gasteiger partial charge is 0.368 e. The van der Waals surface area contributed by atoms with E-state index in [-0.39, 0.29) is 0 Å². The van der Waals surface area contributed by atoms with Gasteiger partial charge in [0.2, 0.25) is 0 Å². The van der Waals surface area contributed by atoms with Crippen molar-refractivity contribution in [2.45, 2.75) is 13.8 Å². The molecule has 20 heavy (non-hydrogen) atoms. The van der Waals surface area contributed by atoms with Gasteiger partial charge in [0, 0.05) is 0 Å². The van der Waals surface area contributed by atoms with Gasteiger partial charge in [-0.1, -0.05) is 35.4 Å². The molecule has 0 bridgehead atoms. The lowest BCUT2D eigenvalue weighted by Crippen LogP contribution is -2.24. The van der Waals surface area contributed by atoms with Crippen LogP contribution in [0.5, 0.6) is 0 Å². The Hall–Kier alpha value is -1.91. The third-order valence-corrected chi connectivity index (χ3v) is 3.99. The maximum Gasteiger partial charge on any atom is 0.368 e. The molecule has 2 rings (SSSR count). The van der Waals surface area contributed by atoms with E-state index < -0.39 is 21.4 Å². The highest BCUT2D eigenvalue weighted by molar-refractivity contribution is 8.19. The third-order valence-electron chi connectivity index (χ3n) is 2.84. The van der Waals surface area contributed by atoms with E-state index in [1.54, 1.807) is 36.4 Å². The van der Waals surface area contributed by atoms with Crippen molar-refractivity contribution >= 4 is 21.4 Å². The second kappa shape index (κ2) is 6.03. The second-order valence-corrected chi connectivity index (χ2v) is 5.86. The summed E-state index contributed by atoms with van der Waals surface area (Å²) < 4.78 is 12.1. The normalized spacial score (nSPS) is 10.6. The third kappa shape index (κ3) is 3.15. The molecule has 0 radical (unpaired) electrons. The van der Waals surface area contributed by atoms with Crippen LogP contribution in [0.1, 0.15) is 31.8 Å². The van der Waals surface area contributed by atoms with Gasteiger partial charge >= 0.3 is 10.2 Å². The molecule has 0 heterocycles. The Morgan fingerprint density at radius 3 is 1.60 bits per heavy atom. The van der Waals surface area contributed by atoms with Crippen LogP contribution in [0.15, 0.2) is 48.5 Å². The van der Waals surface area contributed by atoms with Crippen LogP contribution in [0.3, 0.4) is 0 Å². The molecule has 0 fully saturated rings. The van der Waals surface area contributed by atoms with E-state index >= 15 is 0 Å². The Morgan fingerprint density at radius 2 is 1.25 bits per heavy atom. The van der Waals surface area contributed by atoms with Crippen LogP contribution in [-0.2, 0) is 11.2 Å². The first kappa shape index (κ1) is 14.5. The largest absolute Gasteiger partial charge is 0.601 e. The molecule has 0 amide bonds. The van der Waals surface area contributed by atoms with Crippen molar-refractivity contribution in [3.05, 3.63) is 70.8 Å². The molecule has 0 spiro atoms. The van der Waals surface area contributed by atoms with Crippen LogP contribution in [0.25, 0.3) is 0 Å². The second-order valence-electron chi connectivity index (χ2n) is 4.58. The maximum atomic E-state index is 12.1. The number of hydrogen-bond acceptors (Lipinski definition) is 3. The summed E-state index contributed by atoms with van der Waals surface area (Å²) in [6.45, 7) is 3.67. The Balaban J connectivity index is 2.25. The number of hydrogen-bond donors (Lipinski definition) is 0. The minimum Gasteiger partial charge on any atom is -0.601 e. The van der Waals surface area contributed by atoms with Crippen LogP contribution < -0.4 is 0 Å². The first-order valence-electron chi connectivity index (χ1n) is 6.13. The summed E-state index contributed by atoms with van der Waals surface area (Å²) in [7, 11) is 0. The minimum absolute atomic E-state index is 0.296. The Bertz CT molecular complexity index is 607. The maximum absolute atomic E-state index is 12.1. The fourth-order valence-electron chi connectivity index (χ4n) is 1.84. The lowest BCUT2D eigenvalue weighted by Gasteiger charge is -2.07. The van der Waals surface area contributed by atoms with Crippen LogP contribution in [0.4, 0.5) is 0 Å². The number of carbonyl (C=O) groups is 2. The predicted molar refractivity (Wildman–Crippen MR) is 79.2 cm³/mol. The standard InChI is InChI=1S/C16H14O3S/c1-11-5-3-7-13(9-11)15(17)20(19)16(18)14-8-4-6-12(2)10-14/h3-10H,1-2H3. The van der Waals surface area contributed by atoms with Crippen molar-refractivity contribution in [2.75, 3.05) is 0 Å². The first-order chi connectivity index (χ1) is 9.49. The zero-order chi connectivity index (χ0) is 14.7. The molecule has 0 aliphatic carbocycles. The summed E-state index contributed by atoms with van der Waals surface area (Å²) in [5.41, 5.74) is 2.36. The van der Waals surface area contributed by atoms with E-state index in [2.05, 4.69) is 0 Å². The number of benzene rings is 2. The Labute approximate surface area is 120 Å². The number of rotatable bonds is 2. The van der Waals surface area contributed by atoms with Crippen molar-refractivity contribution < 1.29 is 14.1 Å². The van der Waals surface area contributed by atoms with Crippen molar-refractivity contribution in [3.63, 3.8) is 0 Å². The number of aryl methyl sites for hydroxylation is 2. The van der Waals surface area contributed by atoms with Gasteiger partial charge in [-0.2, -0.15) is 0 Å². The van der Waals surface area contributed by atoms with Gasteiger partial charge in [-0.25, -0.2) is 9.59 Å². The molecular formula is C16H14O3S. The lowest BCUT2D eigenvalue weighted by molar-refractivity contribution is 0.104. The monoisotopic (exact) mass is 286 g/mol. The average Bonchev–Trinajstić information content (AvgIpc) is 2.45. The number of carbonyl (C=O) groups excluding carboxylic acids is 2. The highest BCUT2D eigenvalue weighted by Gasteiger charge is 2.31. The quantitative estimate of drug-likeness (QED) is 0.797. The van der Waals surface area contributed by atoms with Crippen LogP contribution in [0.2, 0.25) is 0 Å². The zero-order valence-electron chi connectivity index (χ0n) is 11.3. The van der Waals surface area contributed by atoms with E-state index in [0.717, 1.165) is 11.1 Å². The molecule has 0 unspecified atom stereocenters. The van der Waals surface area contributed by atoms with Crippen LogP contribution >= 0.6 is 0 Å². The van der Waals surface area contributed by atoms with E-state index in [9.17, 15) is 14.1 Å². The van der Waals surface area contributed by atoms with Crippen molar-refractivity contribution in [2.24, 2.45) is 0 Å². The summed E-state index contributed by atoms with van der Waals surface area (Å²) in [5.74, 6) is 0. The van der Waals surface area contributed by atoms with Gasteiger partial charge in [-0.3, -0.25) is 0 Å². The topological polar surface area (TPSA) is 57.2 Å². The average molecular weight is 286 g/mol. The molecule has 0 N–H and O–H groups in total. The van der Waals surface area contributed by atoms with Crippen molar-refractivity contribution in [1.82, 2.24) is 0 Å². The molecule has 0 saturated carbocycles. The zero-order valence-corrected chi connectivity index (χ0v) is 12.1. The summed E-state index contributed by atoms with van der Waals surface area (Å²) in [6.07, 6.45) is 0. The van der Waals surface area contributed by atoms with Gasteiger partial charge in [-0.15, -0.1) is 0 Å². The molecule has 2 aromatic rings. The molecule has 0 saturated heterocycles. The molecule has 102 valence electrons. The SMILES string of the molecule is Cc1cccc(C(=O)[S+]([O-])C(=O)c2cccc(C)c2)c1. The van der Waals surface area contributed by atoms with Gasteiger partial charge in [0.25, 0.3) is 0 Å².